The summed E-state index contributed by atoms with van der Waals surface area (Å²) in [6.07, 6.45) is 5.06. The Bertz CT molecular complexity index is 830. The Hall–Kier alpha value is -1.92. The van der Waals surface area contributed by atoms with Crippen molar-refractivity contribution >= 4 is 11.8 Å². The van der Waals surface area contributed by atoms with Crippen LogP contribution in [0.2, 0.25) is 0 Å². The number of aryl methyl sites for hydroxylation is 2. The van der Waals surface area contributed by atoms with Crippen molar-refractivity contribution < 1.29 is 14.3 Å². The quantitative estimate of drug-likeness (QED) is 0.693. The first kappa shape index (κ1) is 26.7. The standard InChI is InChI=1S/C28H45N3O3/c1-20(2)16-25-26(32)29-23(5)19-34-15-7-6-10-28(27(33)30-25)11-13-31(14-12-28)18-24-9-8-21(3)17-22(24)4/h8-9,17,20,23,25H,6-7,10-16,18-19H2,1-5H3,(H,29,32)(H,30,33)/t23-,25+/m1/s1. The van der Waals surface area contributed by atoms with Gasteiger partial charge in [0.15, 0.2) is 0 Å². The van der Waals surface area contributed by atoms with E-state index in [2.05, 4.69) is 61.4 Å². The molecule has 1 aromatic carbocycles. The Morgan fingerprint density at radius 3 is 2.50 bits per heavy atom. The minimum atomic E-state index is -0.499. The first-order chi connectivity index (χ1) is 16.2. The third kappa shape index (κ3) is 7.29. The number of amides is 2. The van der Waals surface area contributed by atoms with Crippen molar-refractivity contribution in [1.29, 1.82) is 0 Å². The van der Waals surface area contributed by atoms with Crippen LogP contribution >= 0.6 is 0 Å². The van der Waals surface area contributed by atoms with Gasteiger partial charge in [-0.3, -0.25) is 14.5 Å². The van der Waals surface area contributed by atoms with Gasteiger partial charge in [-0.2, -0.15) is 0 Å². The number of ether oxygens (including phenoxy) is 1. The summed E-state index contributed by atoms with van der Waals surface area (Å²) in [6, 6.07) is 6.09. The molecule has 3 rings (SSSR count). The number of rotatable bonds is 4. The van der Waals surface area contributed by atoms with Crippen LogP contribution in [0.25, 0.3) is 0 Å². The number of benzene rings is 1. The van der Waals surface area contributed by atoms with Crippen molar-refractivity contribution in [2.45, 2.75) is 91.8 Å². The maximum atomic E-state index is 13.7. The molecule has 6 nitrogen and oxygen atoms in total. The molecule has 1 spiro atoms. The van der Waals surface area contributed by atoms with E-state index in [-0.39, 0.29) is 17.9 Å². The Morgan fingerprint density at radius 2 is 1.82 bits per heavy atom. The molecule has 0 unspecified atom stereocenters. The molecule has 34 heavy (non-hydrogen) atoms. The topological polar surface area (TPSA) is 70.7 Å². The molecule has 2 N–H and O–H groups in total. The van der Waals surface area contributed by atoms with Crippen molar-refractivity contribution in [3.63, 3.8) is 0 Å². The van der Waals surface area contributed by atoms with Crippen LogP contribution in [0.3, 0.4) is 0 Å². The summed E-state index contributed by atoms with van der Waals surface area (Å²) in [7, 11) is 0. The maximum absolute atomic E-state index is 13.7. The highest BCUT2D eigenvalue weighted by molar-refractivity contribution is 5.90. The van der Waals surface area contributed by atoms with Gasteiger partial charge < -0.3 is 15.4 Å². The molecular weight excluding hydrogens is 426 g/mol. The predicted molar refractivity (Wildman–Crippen MR) is 137 cm³/mol. The number of likely N-dealkylation sites (tertiary alicyclic amines) is 1. The maximum Gasteiger partial charge on any atom is 0.242 e. The Labute approximate surface area is 206 Å². The molecule has 2 aliphatic rings. The van der Waals surface area contributed by atoms with E-state index in [1.807, 2.05) is 6.92 Å². The fourth-order valence-corrected chi connectivity index (χ4v) is 5.32. The van der Waals surface area contributed by atoms with Crippen LogP contribution in [-0.4, -0.2) is 55.1 Å². The molecule has 0 aliphatic carbocycles. The SMILES string of the molecule is Cc1ccc(CN2CCC3(CCCCOC[C@@H](C)NC(=O)[C@H](CC(C)C)NC3=O)CC2)c(C)c1. The molecule has 2 fully saturated rings. The first-order valence-corrected chi connectivity index (χ1v) is 13.2. The third-order valence-electron chi connectivity index (χ3n) is 7.47. The number of carbonyl (C=O) groups is 2. The number of hydrogen-bond acceptors (Lipinski definition) is 4. The number of nitrogens with one attached hydrogen (secondary N) is 2. The molecule has 190 valence electrons. The second kappa shape index (κ2) is 12.2. The van der Waals surface area contributed by atoms with Gasteiger partial charge in [0.1, 0.15) is 6.04 Å². The van der Waals surface area contributed by atoms with Crippen LogP contribution in [0, 0.1) is 25.2 Å². The molecule has 2 atom stereocenters. The molecule has 1 aromatic rings. The summed E-state index contributed by atoms with van der Waals surface area (Å²) in [6.45, 7) is 14.3. The van der Waals surface area contributed by atoms with E-state index >= 15 is 0 Å². The zero-order valence-corrected chi connectivity index (χ0v) is 21.9. The second-order valence-corrected chi connectivity index (χ2v) is 11.1. The van der Waals surface area contributed by atoms with Crippen molar-refractivity contribution in [1.82, 2.24) is 15.5 Å². The molecule has 0 saturated carbocycles. The van der Waals surface area contributed by atoms with E-state index in [4.69, 9.17) is 4.74 Å². The highest BCUT2D eigenvalue weighted by atomic mass is 16.5. The molecule has 0 bridgehead atoms. The molecular formula is C28H45N3O3. The second-order valence-electron chi connectivity index (χ2n) is 11.1. The van der Waals surface area contributed by atoms with Gasteiger partial charge in [-0.05, 0) is 83.0 Å². The van der Waals surface area contributed by atoms with Crippen LogP contribution < -0.4 is 10.6 Å². The lowest BCUT2D eigenvalue weighted by atomic mass is 9.73. The highest BCUT2D eigenvalue weighted by Crippen LogP contribution is 2.38. The van der Waals surface area contributed by atoms with Crippen molar-refractivity contribution in [2.75, 3.05) is 26.3 Å². The van der Waals surface area contributed by atoms with Gasteiger partial charge in [-0.15, -0.1) is 0 Å². The van der Waals surface area contributed by atoms with Gasteiger partial charge in [-0.25, -0.2) is 0 Å². The third-order valence-corrected chi connectivity index (χ3v) is 7.47. The van der Waals surface area contributed by atoms with Crippen LogP contribution in [-0.2, 0) is 20.9 Å². The van der Waals surface area contributed by atoms with Crippen molar-refractivity contribution in [3.05, 3.63) is 34.9 Å². The molecule has 2 aliphatic heterocycles. The summed E-state index contributed by atoms with van der Waals surface area (Å²) in [5.41, 5.74) is 3.57. The molecule has 0 aromatic heterocycles. The smallest absolute Gasteiger partial charge is 0.242 e. The zero-order chi connectivity index (χ0) is 24.7. The lowest BCUT2D eigenvalue weighted by molar-refractivity contribution is -0.138. The lowest BCUT2D eigenvalue weighted by Gasteiger charge is -2.41. The van der Waals surface area contributed by atoms with Gasteiger partial charge in [0.05, 0.1) is 12.0 Å². The average Bonchev–Trinajstić information content (AvgIpc) is 2.78. The fourth-order valence-electron chi connectivity index (χ4n) is 5.32. The van der Waals surface area contributed by atoms with Gasteiger partial charge in [0, 0.05) is 19.2 Å². The van der Waals surface area contributed by atoms with Crippen LogP contribution in [0.4, 0.5) is 0 Å². The van der Waals surface area contributed by atoms with Crippen LogP contribution in [0.1, 0.15) is 76.0 Å². The van der Waals surface area contributed by atoms with Crippen molar-refractivity contribution in [3.8, 4) is 0 Å². The summed E-state index contributed by atoms with van der Waals surface area (Å²) in [5.74, 6) is 0.279. The number of carbonyl (C=O) groups excluding carboxylic acids is 2. The van der Waals surface area contributed by atoms with Gasteiger partial charge in [0.25, 0.3) is 0 Å². The molecule has 2 heterocycles. The summed E-state index contributed by atoms with van der Waals surface area (Å²) >= 11 is 0. The van der Waals surface area contributed by atoms with Gasteiger partial charge in [-0.1, -0.05) is 44.0 Å². The molecule has 6 heteroatoms. The Morgan fingerprint density at radius 1 is 1.09 bits per heavy atom. The highest BCUT2D eigenvalue weighted by Gasteiger charge is 2.42. The largest absolute Gasteiger partial charge is 0.379 e. The van der Waals surface area contributed by atoms with Gasteiger partial charge >= 0.3 is 0 Å². The van der Waals surface area contributed by atoms with E-state index in [0.29, 0.717) is 25.6 Å². The van der Waals surface area contributed by atoms with Crippen LogP contribution in [0.5, 0.6) is 0 Å². The summed E-state index contributed by atoms with van der Waals surface area (Å²) in [4.78, 5) is 29.2. The van der Waals surface area contributed by atoms with E-state index in [1.54, 1.807) is 0 Å². The number of hydrogen-bond donors (Lipinski definition) is 2. The predicted octanol–water partition coefficient (Wildman–Crippen LogP) is 4.12. The number of nitrogens with zero attached hydrogens (tertiary/aromatic N) is 1. The molecule has 2 saturated heterocycles. The first-order valence-electron chi connectivity index (χ1n) is 13.2. The fraction of sp³-hybridized carbons (Fsp3) is 0.714. The lowest BCUT2D eigenvalue weighted by Crippen LogP contribution is -2.55. The van der Waals surface area contributed by atoms with Crippen LogP contribution in [0.15, 0.2) is 18.2 Å². The minimum absolute atomic E-state index is 0.0623. The van der Waals surface area contributed by atoms with E-state index < -0.39 is 11.5 Å². The Balaban J connectivity index is 1.72. The van der Waals surface area contributed by atoms with E-state index in [9.17, 15) is 9.59 Å². The molecule has 0 radical (unpaired) electrons. The van der Waals surface area contributed by atoms with E-state index in [1.165, 1.54) is 16.7 Å². The number of piperidine rings is 1. The normalized spacial score (nSPS) is 25.2. The van der Waals surface area contributed by atoms with Gasteiger partial charge in [0.2, 0.25) is 11.8 Å². The summed E-state index contributed by atoms with van der Waals surface area (Å²) in [5, 5.41) is 6.23. The van der Waals surface area contributed by atoms with E-state index in [0.717, 1.165) is 51.7 Å². The molecule has 2 amide bonds. The summed E-state index contributed by atoms with van der Waals surface area (Å²) < 4.78 is 5.80. The monoisotopic (exact) mass is 471 g/mol. The average molecular weight is 472 g/mol. The zero-order valence-electron chi connectivity index (χ0n) is 21.9. The van der Waals surface area contributed by atoms with Crippen molar-refractivity contribution in [2.24, 2.45) is 11.3 Å². The minimum Gasteiger partial charge on any atom is -0.379 e. The Kier molecular flexibility index (Phi) is 9.55.